The highest BCUT2D eigenvalue weighted by atomic mass is 32.2. The molecule has 4 heteroatoms. The molecule has 1 aromatic carbocycles. The fraction of sp³-hybridized carbons (Fsp3) is 0.500. The Morgan fingerprint density at radius 2 is 2.28 bits per heavy atom. The van der Waals surface area contributed by atoms with E-state index in [0.29, 0.717) is 11.9 Å². The first-order chi connectivity index (χ1) is 8.77. The second kappa shape index (κ2) is 4.94. The van der Waals surface area contributed by atoms with Gasteiger partial charge in [0.25, 0.3) is 0 Å². The summed E-state index contributed by atoms with van der Waals surface area (Å²) in [5.41, 5.74) is 1.22. The van der Waals surface area contributed by atoms with Crippen molar-refractivity contribution in [2.45, 2.75) is 23.8 Å². The zero-order chi connectivity index (χ0) is 12.5. The number of amides is 1. The van der Waals surface area contributed by atoms with Crippen LogP contribution in [0.15, 0.2) is 29.2 Å². The molecule has 1 N–H and O–H groups in total. The van der Waals surface area contributed by atoms with E-state index in [1.54, 1.807) is 11.8 Å². The smallest absolute Gasteiger partial charge is 0.231 e. The first-order valence-corrected chi connectivity index (χ1v) is 7.49. The molecule has 2 aliphatic rings. The minimum atomic E-state index is 0.0618. The summed E-state index contributed by atoms with van der Waals surface area (Å²) in [5, 5.41) is 3.33. The maximum absolute atomic E-state index is 12.7. The number of thioether (sulfide) groups is 1. The largest absolute Gasteiger partial charge is 0.337 e. The predicted molar refractivity (Wildman–Crippen MR) is 74.0 cm³/mol. The summed E-state index contributed by atoms with van der Waals surface area (Å²) in [6, 6.07) is 8.61. The first-order valence-electron chi connectivity index (χ1n) is 6.50. The van der Waals surface area contributed by atoms with E-state index >= 15 is 0 Å². The SMILES string of the molecule is C[C@H]1CNCCN1C(=O)[C@H]1CSc2ccccc21. The van der Waals surface area contributed by atoms with Gasteiger partial charge in [-0.25, -0.2) is 0 Å². The highest BCUT2D eigenvalue weighted by Crippen LogP contribution is 2.40. The molecule has 1 aromatic rings. The molecular weight excluding hydrogens is 244 g/mol. The van der Waals surface area contributed by atoms with Crippen LogP contribution in [0, 0.1) is 0 Å². The molecule has 1 saturated heterocycles. The molecule has 0 saturated carbocycles. The predicted octanol–water partition coefficient (Wildman–Crippen LogP) is 1.70. The molecular formula is C14H18N2OS. The number of nitrogens with one attached hydrogen (secondary N) is 1. The van der Waals surface area contributed by atoms with Gasteiger partial charge in [0.15, 0.2) is 0 Å². The average molecular weight is 262 g/mol. The van der Waals surface area contributed by atoms with Crippen molar-refractivity contribution in [2.24, 2.45) is 0 Å². The van der Waals surface area contributed by atoms with Gasteiger partial charge in [-0.15, -0.1) is 11.8 Å². The van der Waals surface area contributed by atoms with Crippen molar-refractivity contribution in [1.29, 1.82) is 0 Å². The summed E-state index contributed by atoms with van der Waals surface area (Å²) in [7, 11) is 0. The molecule has 3 rings (SSSR count). The number of piperazine rings is 1. The van der Waals surface area contributed by atoms with Crippen LogP contribution in [0.1, 0.15) is 18.4 Å². The number of benzene rings is 1. The molecule has 0 spiro atoms. The maximum atomic E-state index is 12.7. The van der Waals surface area contributed by atoms with Crippen molar-refractivity contribution in [2.75, 3.05) is 25.4 Å². The van der Waals surface area contributed by atoms with Gasteiger partial charge in [-0.05, 0) is 18.6 Å². The third kappa shape index (κ3) is 2.04. The monoisotopic (exact) mass is 262 g/mol. The molecule has 2 heterocycles. The quantitative estimate of drug-likeness (QED) is 0.836. The van der Waals surface area contributed by atoms with Gasteiger partial charge in [0.05, 0.1) is 5.92 Å². The van der Waals surface area contributed by atoms with E-state index in [4.69, 9.17) is 0 Å². The molecule has 0 aromatic heterocycles. The van der Waals surface area contributed by atoms with E-state index in [-0.39, 0.29) is 5.92 Å². The van der Waals surface area contributed by atoms with Gasteiger partial charge in [0.2, 0.25) is 5.91 Å². The molecule has 0 bridgehead atoms. The molecule has 3 nitrogen and oxygen atoms in total. The normalized spacial score (nSPS) is 27.1. The number of fused-ring (bicyclic) bond motifs is 1. The highest BCUT2D eigenvalue weighted by molar-refractivity contribution is 7.99. The van der Waals surface area contributed by atoms with E-state index in [0.717, 1.165) is 25.4 Å². The van der Waals surface area contributed by atoms with Crippen LogP contribution in [-0.2, 0) is 4.79 Å². The van der Waals surface area contributed by atoms with E-state index in [1.807, 2.05) is 17.0 Å². The Morgan fingerprint density at radius 3 is 3.11 bits per heavy atom. The van der Waals surface area contributed by atoms with Gasteiger partial charge in [-0.1, -0.05) is 18.2 Å². The molecule has 0 radical (unpaired) electrons. The number of hydrogen-bond donors (Lipinski definition) is 1. The Morgan fingerprint density at radius 1 is 1.44 bits per heavy atom. The summed E-state index contributed by atoms with van der Waals surface area (Å²) in [6.07, 6.45) is 0. The van der Waals surface area contributed by atoms with Crippen LogP contribution in [-0.4, -0.2) is 42.2 Å². The van der Waals surface area contributed by atoms with Crippen LogP contribution < -0.4 is 5.32 Å². The van der Waals surface area contributed by atoms with Gasteiger partial charge in [0.1, 0.15) is 0 Å². The number of rotatable bonds is 1. The zero-order valence-electron chi connectivity index (χ0n) is 10.6. The number of nitrogens with zero attached hydrogens (tertiary/aromatic N) is 1. The van der Waals surface area contributed by atoms with Crippen molar-refractivity contribution < 1.29 is 4.79 Å². The first kappa shape index (κ1) is 12.1. The number of carbonyl (C=O) groups is 1. The fourth-order valence-electron chi connectivity index (χ4n) is 2.74. The lowest BCUT2D eigenvalue weighted by molar-refractivity contribution is -0.135. The van der Waals surface area contributed by atoms with Crippen molar-refractivity contribution in [3.05, 3.63) is 29.8 Å². The third-order valence-electron chi connectivity index (χ3n) is 3.78. The Bertz CT molecular complexity index is 463. The van der Waals surface area contributed by atoms with Crippen LogP contribution >= 0.6 is 11.8 Å². The van der Waals surface area contributed by atoms with Gasteiger partial charge in [-0.2, -0.15) is 0 Å². The van der Waals surface area contributed by atoms with Gasteiger partial charge in [-0.3, -0.25) is 4.79 Å². The number of hydrogen-bond acceptors (Lipinski definition) is 3. The summed E-state index contributed by atoms with van der Waals surface area (Å²) in [4.78, 5) is 16.0. The Labute approximate surface area is 112 Å². The molecule has 2 aliphatic heterocycles. The lowest BCUT2D eigenvalue weighted by atomic mass is 9.98. The molecule has 96 valence electrons. The highest BCUT2D eigenvalue weighted by Gasteiger charge is 2.34. The lowest BCUT2D eigenvalue weighted by Crippen LogP contribution is -2.53. The molecule has 1 fully saturated rings. The van der Waals surface area contributed by atoms with E-state index in [1.165, 1.54) is 10.5 Å². The van der Waals surface area contributed by atoms with E-state index in [9.17, 15) is 4.79 Å². The molecule has 2 atom stereocenters. The summed E-state index contributed by atoms with van der Waals surface area (Å²) in [6.45, 7) is 4.78. The maximum Gasteiger partial charge on any atom is 0.231 e. The molecule has 18 heavy (non-hydrogen) atoms. The van der Waals surface area contributed by atoms with Gasteiger partial charge in [0, 0.05) is 36.3 Å². The van der Waals surface area contributed by atoms with E-state index < -0.39 is 0 Å². The second-order valence-corrected chi connectivity index (χ2v) is 6.05. The summed E-state index contributed by atoms with van der Waals surface area (Å²) in [5.74, 6) is 1.27. The van der Waals surface area contributed by atoms with Crippen molar-refractivity contribution in [3.8, 4) is 0 Å². The summed E-state index contributed by atoms with van der Waals surface area (Å²) < 4.78 is 0. The van der Waals surface area contributed by atoms with Gasteiger partial charge >= 0.3 is 0 Å². The van der Waals surface area contributed by atoms with Crippen molar-refractivity contribution >= 4 is 17.7 Å². The topological polar surface area (TPSA) is 32.3 Å². The minimum Gasteiger partial charge on any atom is -0.337 e. The fourth-order valence-corrected chi connectivity index (χ4v) is 3.96. The summed E-state index contributed by atoms with van der Waals surface area (Å²) >= 11 is 1.81. The Kier molecular flexibility index (Phi) is 3.31. The van der Waals surface area contributed by atoms with Crippen LogP contribution in [0.25, 0.3) is 0 Å². The third-order valence-corrected chi connectivity index (χ3v) is 4.97. The van der Waals surface area contributed by atoms with E-state index in [2.05, 4.69) is 24.4 Å². The van der Waals surface area contributed by atoms with Crippen molar-refractivity contribution in [3.63, 3.8) is 0 Å². The average Bonchev–Trinajstić information content (AvgIpc) is 2.82. The molecule has 0 aliphatic carbocycles. The molecule has 0 unspecified atom stereocenters. The van der Waals surface area contributed by atoms with Crippen LogP contribution in [0.5, 0.6) is 0 Å². The van der Waals surface area contributed by atoms with Crippen LogP contribution in [0.4, 0.5) is 0 Å². The van der Waals surface area contributed by atoms with Crippen LogP contribution in [0.2, 0.25) is 0 Å². The number of carbonyl (C=O) groups excluding carboxylic acids is 1. The standard InChI is InChI=1S/C14H18N2OS/c1-10-8-15-6-7-16(10)14(17)12-9-18-13-5-3-2-4-11(12)13/h2-5,10,12,15H,6-9H2,1H3/t10-,12-/m0/s1. The lowest BCUT2D eigenvalue weighted by Gasteiger charge is -2.35. The second-order valence-electron chi connectivity index (χ2n) is 4.99. The Balaban J connectivity index is 1.82. The van der Waals surface area contributed by atoms with Crippen molar-refractivity contribution in [1.82, 2.24) is 10.2 Å². The van der Waals surface area contributed by atoms with Crippen LogP contribution in [0.3, 0.4) is 0 Å². The molecule has 1 amide bonds. The van der Waals surface area contributed by atoms with Gasteiger partial charge < -0.3 is 10.2 Å². The minimum absolute atomic E-state index is 0.0618. The zero-order valence-corrected chi connectivity index (χ0v) is 11.4. The Hall–Kier alpha value is -1.00.